The van der Waals surface area contributed by atoms with Crippen molar-refractivity contribution in [1.29, 1.82) is 0 Å². The molecule has 0 bridgehead atoms. The van der Waals surface area contributed by atoms with Crippen molar-refractivity contribution in [3.05, 3.63) is 47.5 Å². The molecule has 0 saturated carbocycles. The van der Waals surface area contributed by atoms with Crippen LogP contribution in [0.5, 0.6) is 0 Å². The molecule has 0 heterocycles. The number of fused-ring (bicyclic) bond motifs is 3. The van der Waals surface area contributed by atoms with E-state index < -0.39 is 5.92 Å². The van der Waals surface area contributed by atoms with E-state index in [1.807, 2.05) is 50.2 Å². The average Bonchev–Trinajstić information content (AvgIpc) is 3.20. The number of carbonyl (C=O) groups excluding carboxylic acids is 3. The Morgan fingerprint density at radius 1 is 0.737 bits per heavy atom. The zero-order valence-electron chi connectivity index (χ0n) is 22.6. The molecule has 0 radical (unpaired) electrons. The summed E-state index contributed by atoms with van der Waals surface area (Å²) in [6.07, 6.45) is 1.42. The maximum atomic E-state index is 13.4. The minimum atomic E-state index is -0.496. The minimum absolute atomic E-state index is 0.0610. The first-order valence-electron chi connectivity index (χ1n) is 12.9. The van der Waals surface area contributed by atoms with E-state index in [9.17, 15) is 14.4 Å². The van der Waals surface area contributed by atoms with Crippen LogP contribution in [0, 0.1) is 5.92 Å². The minimum Gasteiger partial charge on any atom is -0.385 e. The summed E-state index contributed by atoms with van der Waals surface area (Å²) in [6, 6.07) is 11.2. The summed E-state index contributed by atoms with van der Waals surface area (Å²) >= 11 is 0. The number of carbonyl (C=O) groups is 3. The summed E-state index contributed by atoms with van der Waals surface area (Å²) in [6.45, 7) is 5.65. The highest BCUT2D eigenvalue weighted by Crippen LogP contribution is 2.47. The van der Waals surface area contributed by atoms with E-state index in [2.05, 4.69) is 10.6 Å². The number of hydrogen-bond acceptors (Lipinski definition) is 7. The van der Waals surface area contributed by atoms with Crippen LogP contribution in [0.1, 0.15) is 43.7 Å². The quantitative estimate of drug-likeness (QED) is 0.318. The molecule has 9 nitrogen and oxygen atoms in total. The monoisotopic (exact) mass is 526 g/mol. The van der Waals surface area contributed by atoms with Gasteiger partial charge in [-0.15, -0.1) is 0 Å². The molecule has 0 saturated heterocycles. The van der Waals surface area contributed by atoms with Crippen LogP contribution < -0.4 is 10.6 Å². The second kappa shape index (κ2) is 14.7. The molecule has 1 aliphatic rings. The summed E-state index contributed by atoms with van der Waals surface area (Å²) in [5.74, 6) is -1.15. The Balaban J connectivity index is 1.74. The molecule has 0 aromatic heterocycles. The summed E-state index contributed by atoms with van der Waals surface area (Å²) < 4.78 is 20.7. The molecule has 2 aromatic carbocycles. The van der Waals surface area contributed by atoms with Gasteiger partial charge in [0.25, 0.3) is 0 Å². The maximum absolute atomic E-state index is 13.4. The van der Waals surface area contributed by atoms with Crippen LogP contribution in [0.25, 0.3) is 11.1 Å². The SMILES string of the molecule is COCCCOCC(=O)Nc1ccc2c(c1)C(C(=O)C(C)C)c1cc(NC(=O)COCCCOC)ccc1-2. The van der Waals surface area contributed by atoms with Gasteiger partial charge in [-0.2, -0.15) is 0 Å². The van der Waals surface area contributed by atoms with Gasteiger partial charge in [-0.25, -0.2) is 0 Å². The third kappa shape index (κ3) is 7.94. The molecule has 3 rings (SSSR count). The van der Waals surface area contributed by atoms with Crippen LogP contribution in [0.4, 0.5) is 11.4 Å². The molecule has 2 amide bonds. The Morgan fingerprint density at radius 3 is 1.58 bits per heavy atom. The maximum Gasteiger partial charge on any atom is 0.250 e. The highest BCUT2D eigenvalue weighted by atomic mass is 16.5. The van der Waals surface area contributed by atoms with E-state index in [0.717, 1.165) is 22.3 Å². The van der Waals surface area contributed by atoms with Crippen LogP contribution in [0.3, 0.4) is 0 Å². The van der Waals surface area contributed by atoms with Gasteiger partial charge in [0.15, 0.2) is 0 Å². The first kappa shape index (κ1) is 29.4. The number of anilines is 2. The number of methoxy groups -OCH3 is 2. The van der Waals surface area contributed by atoms with Gasteiger partial charge < -0.3 is 29.6 Å². The fourth-order valence-corrected chi connectivity index (χ4v) is 4.39. The third-order valence-electron chi connectivity index (χ3n) is 6.18. The lowest BCUT2D eigenvalue weighted by Gasteiger charge is -2.17. The van der Waals surface area contributed by atoms with E-state index >= 15 is 0 Å². The van der Waals surface area contributed by atoms with Crippen molar-refractivity contribution in [1.82, 2.24) is 0 Å². The van der Waals surface area contributed by atoms with E-state index in [1.165, 1.54) is 0 Å². The molecule has 2 N–H and O–H groups in total. The number of ketones is 1. The van der Waals surface area contributed by atoms with Gasteiger partial charge in [-0.1, -0.05) is 26.0 Å². The van der Waals surface area contributed by atoms with Crippen molar-refractivity contribution < 1.29 is 33.3 Å². The summed E-state index contributed by atoms with van der Waals surface area (Å²) in [5, 5.41) is 5.72. The lowest BCUT2D eigenvalue weighted by atomic mass is 9.87. The van der Waals surface area contributed by atoms with Crippen molar-refractivity contribution in [2.45, 2.75) is 32.6 Å². The second-order valence-electron chi connectivity index (χ2n) is 9.49. The zero-order chi connectivity index (χ0) is 27.5. The molecule has 38 heavy (non-hydrogen) atoms. The average molecular weight is 527 g/mol. The molecule has 9 heteroatoms. The normalized spacial score (nSPS) is 12.3. The van der Waals surface area contributed by atoms with Crippen LogP contribution in [-0.4, -0.2) is 71.5 Å². The number of amides is 2. The van der Waals surface area contributed by atoms with Crippen LogP contribution in [-0.2, 0) is 33.3 Å². The molecular weight excluding hydrogens is 488 g/mol. The summed E-state index contributed by atoms with van der Waals surface area (Å²) in [4.78, 5) is 38.1. The Hall–Kier alpha value is -3.11. The van der Waals surface area contributed by atoms with E-state index in [-0.39, 0.29) is 36.7 Å². The van der Waals surface area contributed by atoms with Crippen molar-refractivity contribution in [3.63, 3.8) is 0 Å². The fraction of sp³-hybridized carbons (Fsp3) is 0.483. The number of Topliss-reactive ketones (excluding diaryl/α,β-unsaturated/α-hetero) is 1. The molecule has 0 atom stereocenters. The van der Waals surface area contributed by atoms with Gasteiger partial charge in [-0.3, -0.25) is 14.4 Å². The van der Waals surface area contributed by atoms with Gasteiger partial charge in [0.1, 0.15) is 19.0 Å². The van der Waals surface area contributed by atoms with Gasteiger partial charge in [0.2, 0.25) is 11.8 Å². The standard InChI is InChI=1S/C29H38N2O7/c1-19(2)29(34)28-24-15-20(30-26(32)17-37-13-5-11-35-3)7-9-22(24)23-10-8-21(16-25(23)28)31-27(33)18-38-14-6-12-36-4/h7-10,15-16,19,28H,5-6,11-14,17-18H2,1-4H3,(H,30,32)(H,31,33). The Labute approximate surface area is 224 Å². The molecule has 2 aromatic rings. The lowest BCUT2D eigenvalue weighted by molar-refractivity contribution is -0.122. The van der Waals surface area contributed by atoms with Crippen molar-refractivity contribution in [2.75, 3.05) is 64.5 Å². The van der Waals surface area contributed by atoms with Crippen LogP contribution >= 0.6 is 0 Å². The van der Waals surface area contributed by atoms with Crippen LogP contribution in [0.15, 0.2) is 36.4 Å². The molecular formula is C29H38N2O7. The highest BCUT2D eigenvalue weighted by molar-refractivity contribution is 6.01. The van der Waals surface area contributed by atoms with Gasteiger partial charge in [-0.05, 0) is 59.4 Å². The summed E-state index contributed by atoms with van der Waals surface area (Å²) in [7, 11) is 3.24. The largest absolute Gasteiger partial charge is 0.385 e. The van der Waals surface area contributed by atoms with Gasteiger partial charge in [0, 0.05) is 57.9 Å². The number of rotatable bonds is 16. The number of hydrogen-bond donors (Lipinski definition) is 2. The first-order chi connectivity index (χ1) is 18.3. The molecule has 0 unspecified atom stereocenters. The highest BCUT2D eigenvalue weighted by Gasteiger charge is 2.35. The molecule has 0 spiro atoms. The van der Waals surface area contributed by atoms with Crippen LogP contribution in [0.2, 0.25) is 0 Å². The molecule has 206 valence electrons. The van der Waals surface area contributed by atoms with Crippen molar-refractivity contribution in [3.8, 4) is 11.1 Å². The Bertz CT molecular complexity index is 1040. The van der Waals surface area contributed by atoms with Crippen molar-refractivity contribution >= 4 is 29.0 Å². The van der Waals surface area contributed by atoms with E-state index in [1.54, 1.807) is 14.2 Å². The summed E-state index contributed by atoms with van der Waals surface area (Å²) in [5.41, 5.74) is 4.75. The fourth-order valence-electron chi connectivity index (χ4n) is 4.39. The predicted molar refractivity (Wildman–Crippen MR) is 145 cm³/mol. The van der Waals surface area contributed by atoms with Crippen molar-refractivity contribution in [2.24, 2.45) is 5.92 Å². The van der Waals surface area contributed by atoms with Gasteiger partial charge in [0.05, 0.1) is 5.92 Å². The van der Waals surface area contributed by atoms with E-state index in [4.69, 9.17) is 18.9 Å². The first-order valence-corrected chi connectivity index (χ1v) is 12.9. The number of benzene rings is 2. The second-order valence-corrected chi connectivity index (χ2v) is 9.49. The zero-order valence-corrected chi connectivity index (χ0v) is 22.6. The molecule has 0 aliphatic heterocycles. The lowest BCUT2D eigenvalue weighted by Crippen LogP contribution is -2.20. The molecule has 1 aliphatic carbocycles. The number of nitrogens with one attached hydrogen (secondary N) is 2. The Kier molecular flexibility index (Phi) is 11.4. The van der Waals surface area contributed by atoms with Gasteiger partial charge >= 0.3 is 0 Å². The third-order valence-corrected chi connectivity index (χ3v) is 6.18. The Morgan fingerprint density at radius 2 is 1.18 bits per heavy atom. The topological polar surface area (TPSA) is 112 Å². The van der Waals surface area contributed by atoms with E-state index in [0.29, 0.717) is 50.6 Å². The smallest absolute Gasteiger partial charge is 0.250 e. The molecule has 0 fully saturated rings. The predicted octanol–water partition coefficient (Wildman–Crippen LogP) is 4.01. The number of ether oxygens (including phenoxy) is 4.